The maximum absolute atomic E-state index is 12.4. The molecule has 0 radical (unpaired) electrons. The summed E-state index contributed by atoms with van der Waals surface area (Å²) in [6.45, 7) is 1.26. The standard InChI is InChI=1S/C19H26N2O2S/c1-24-17-9-7-16(8-10-17)21-13-15(11-18(21)22)19(23)20-12-14-5-3-2-4-6-14/h7-10,14-15H,2-6,11-13H2,1H3,(H,20,23). The van der Waals surface area contributed by atoms with E-state index in [1.165, 1.54) is 37.0 Å². The summed E-state index contributed by atoms with van der Waals surface area (Å²) in [5.74, 6) is 0.484. The van der Waals surface area contributed by atoms with Gasteiger partial charge >= 0.3 is 0 Å². The number of thioether (sulfide) groups is 1. The molecule has 1 saturated heterocycles. The number of amides is 2. The van der Waals surface area contributed by atoms with Gasteiger partial charge in [0, 0.05) is 30.1 Å². The first-order valence-corrected chi connectivity index (χ1v) is 10.1. The third kappa shape index (κ3) is 4.12. The fraction of sp³-hybridized carbons (Fsp3) is 0.579. The van der Waals surface area contributed by atoms with E-state index in [1.54, 1.807) is 16.7 Å². The number of hydrogen-bond donors (Lipinski definition) is 1. The summed E-state index contributed by atoms with van der Waals surface area (Å²) < 4.78 is 0. The van der Waals surface area contributed by atoms with E-state index in [0.717, 1.165) is 12.2 Å². The molecule has 2 amide bonds. The van der Waals surface area contributed by atoms with Crippen LogP contribution >= 0.6 is 11.8 Å². The van der Waals surface area contributed by atoms with Crippen LogP contribution in [0.25, 0.3) is 0 Å². The number of hydrogen-bond acceptors (Lipinski definition) is 3. The van der Waals surface area contributed by atoms with E-state index in [1.807, 2.05) is 30.5 Å². The van der Waals surface area contributed by atoms with Gasteiger partial charge in [-0.05, 0) is 49.3 Å². The molecule has 0 spiro atoms. The Morgan fingerprint density at radius 3 is 2.58 bits per heavy atom. The number of rotatable bonds is 5. The van der Waals surface area contributed by atoms with Gasteiger partial charge in [-0.1, -0.05) is 19.3 Å². The molecule has 130 valence electrons. The minimum Gasteiger partial charge on any atom is -0.356 e. The van der Waals surface area contributed by atoms with Crippen molar-refractivity contribution in [2.24, 2.45) is 11.8 Å². The normalized spacial score (nSPS) is 22.0. The predicted molar refractivity (Wildman–Crippen MR) is 98.3 cm³/mol. The molecule has 4 nitrogen and oxygen atoms in total. The maximum Gasteiger partial charge on any atom is 0.227 e. The minimum atomic E-state index is -0.221. The lowest BCUT2D eigenvalue weighted by molar-refractivity contribution is -0.126. The van der Waals surface area contributed by atoms with Crippen LogP contribution in [0, 0.1) is 11.8 Å². The fourth-order valence-electron chi connectivity index (χ4n) is 3.68. The van der Waals surface area contributed by atoms with Gasteiger partial charge in [0.2, 0.25) is 11.8 Å². The van der Waals surface area contributed by atoms with Gasteiger partial charge in [0.25, 0.3) is 0 Å². The average Bonchev–Trinajstić information content (AvgIpc) is 3.02. The number of anilines is 1. The van der Waals surface area contributed by atoms with Crippen LogP contribution in [-0.4, -0.2) is 31.2 Å². The third-order valence-corrected chi connectivity index (χ3v) is 5.91. The van der Waals surface area contributed by atoms with Gasteiger partial charge in [-0.2, -0.15) is 0 Å². The summed E-state index contributed by atoms with van der Waals surface area (Å²) in [6, 6.07) is 7.96. The summed E-state index contributed by atoms with van der Waals surface area (Å²) >= 11 is 1.68. The van der Waals surface area contributed by atoms with Crippen molar-refractivity contribution in [3.05, 3.63) is 24.3 Å². The van der Waals surface area contributed by atoms with Crippen molar-refractivity contribution in [2.45, 2.75) is 43.4 Å². The SMILES string of the molecule is CSc1ccc(N2CC(C(=O)NCC3CCCCC3)CC2=O)cc1. The zero-order valence-corrected chi connectivity index (χ0v) is 15.1. The quantitative estimate of drug-likeness (QED) is 0.831. The summed E-state index contributed by atoms with van der Waals surface area (Å²) in [5.41, 5.74) is 0.889. The van der Waals surface area contributed by atoms with Crippen molar-refractivity contribution in [3.8, 4) is 0 Å². The summed E-state index contributed by atoms with van der Waals surface area (Å²) in [4.78, 5) is 27.6. The Hall–Kier alpha value is -1.49. The topological polar surface area (TPSA) is 49.4 Å². The molecule has 1 atom stereocenters. The minimum absolute atomic E-state index is 0.0390. The van der Waals surface area contributed by atoms with E-state index in [0.29, 0.717) is 18.9 Å². The first kappa shape index (κ1) is 17.3. The average molecular weight is 346 g/mol. The largest absolute Gasteiger partial charge is 0.356 e. The van der Waals surface area contributed by atoms with Crippen molar-refractivity contribution < 1.29 is 9.59 Å². The van der Waals surface area contributed by atoms with Crippen molar-refractivity contribution in [1.29, 1.82) is 0 Å². The number of benzene rings is 1. The Morgan fingerprint density at radius 2 is 1.92 bits per heavy atom. The van der Waals surface area contributed by atoms with Crippen LogP contribution < -0.4 is 10.2 Å². The second-order valence-corrected chi connectivity index (χ2v) is 7.73. The zero-order valence-electron chi connectivity index (χ0n) is 14.3. The highest BCUT2D eigenvalue weighted by atomic mass is 32.2. The Balaban J connectivity index is 1.54. The van der Waals surface area contributed by atoms with Crippen molar-refractivity contribution in [3.63, 3.8) is 0 Å². The van der Waals surface area contributed by atoms with Crippen LogP contribution in [0.3, 0.4) is 0 Å². The number of nitrogens with zero attached hydrogens (tertiary/aromatic N) is 1. The van der Waals surface area contributed by atoms with Crippen LogP contribution in [0.4, 0.5) is 5.69 Å². The summed E-state index contributed by atoms with van der Waals surface area (Å²) in [7, 11) is 0. The monoisotopic (exact) mass is 346 g/mol. The van der Waals surface area contributed by atoms with Gasteiger partial charge in [-0.25, -0.2) is 0 Å². The zero-order chi connectivity index (χ0) is 16.9. The molecular weight excluding hydrogens is 320 g/mol. The highest BCUT2D eigenvalue weighted by Crippen LogP contribution is 2.27. The number of nitrogens with one attached hydrogen (secondary N) is 1. The molecule has 3 rings (SSSR count). The molecule has 1 saturated carbocycles. The summed E-state index contributed by atoms with van der Waals surface area (Å²) in [5, 5.41) is 3.08. The first-order valence-electron chi connectivity index (χ1n) is 8.89. The van der Waals surface area contributed by atoms with Crippen molar-refractivity contribution in [1.82, 2.24) is 5.32 Å². The molecule has 2 aliphatic rings. The van der Waals surface area contributed by atoms with Crippen LogP contribution in [0.1, 0.15) is 38.5 Å². The van der Waals surface area contributed by atoms with Crippen LogP contribution in [-0.2, 0) is 9.59 Å². The van der Waals surface area contributed by atoms with Crippen molar-refractivity contribution in [2.75, 3.05) is 24.2 Å². The molecule has 1 heterocycles. The molecule has 0 bridgehead atoms. The van der Waals surface area contributed by atoms with Gasteiger partial charge in [0.1, 0.15) is 0 Å². The maximum atomic E-state index is 12.4. The summed E-state index contributed by atoms with van der Waals surface area (Å²) in [6.07, 6.45) is 8.68. The second-order valence-electron chi connectivity index (χ2n) is 6.85. The Morgan fingerprint density at radius 1 is 1.21 bits per heavy atom. The van der Waals surface area contributed by atoms with Gasteiger partial charge in [0.05, 0.1) is 5.92 Å². The number of carbonyl (C=O) groups is 2. The van der Waals surface area contributed by atoms with Gasteiger partial charge < -0.3 is 10.2 Å². The third-order valence-electron chi connectivity index (χ3n) is 5.17. The van der Waals surface area contributed by atoms with Gasteiger partial charge in [-0.3, -0.25) is 9.59 Å². The fourth-order valence-corrected chi connectivity index (χ4v) is 4.08. The van der Waals surface area contributed by atoms with Gasteiger partial charge in [-0.15, -0.1) is 11.8 Å². The second kappa shape index (κ2) is 8.06. The molecule has 24 heavy (non-hydrogen) atoms. The van der Waals surface area contributed by atoms with Gasteiger partial charge in [0.15, 0.2) is 0 Å². The van der Waals surface area contributed by atoms with E-state index in [4.69, 9.17) is 0 Å². The highest BCUT2D eigenvalue weighted by Gasteiger charge is 2.35. The van der Waals surface area contributed by atoms with Crippen LogP contribution in [0.5, 0.6) is 0 Å². The molecule has 1 unspecified atom stereocenters. The Kier molecular flexibility index (Phi) is 5.82. The van der Waals surface area contributed by atoms with E-state index in [-0.39, 0.29) is 17.7 Å². The first-order chi connectivity index (χ1) is 11.7. The molecule has 1 aromatic carbocycles. The van der Waals surface area contributed by atoms with Crippen LogP contribution in [0.15, 0.2) is 29.2 Å². The Labute approximate surface area is 148 Å². The lowest BCUT2D eigenvalue weighted by atomic mass is 9.89. The molecule has 5 heteroatoms. The highest BCUT2D eigenvalue weighted by molar-refractivity contribution is 7.98. The molecule has 0 aromatic heterocycles. The van der Waals surface area contributed by atoms with E-state index < -0.39 is 0 Å². The van der Waals surface area contributed by atoms with E-state index >= 15 is 0 Å². The van der Waals surface area contributed by atoms with E-state index in [9.17, 15) is 9.59 Å². The predicted octanol–water partition coefficient (Wildman–Crippen LogP) is 3.46. The smallest absolute Gasteiger partial charge is 0.227 e. The van der Waals surface area contributed by atoms with E-state index in [2.05, 4.69) is 5.32 Å². The molecule has 1 N–H and O–H groups in total. The molecule has 2 fully saturated rings. The molecule has 1 aliphatic carbocycles. The van der Waals surface area contributed by atoms with Crippen LogP contribution in [0.2, 0.25) is 0 Å². The molecule has 1 aliphatic heterocycles. The van der Waals surface area contributed by atoms with Crippen molar-refractivity contribution >= 4 is 29.3 Å². The lowest BCUT2D eigenvalue weighted by Gasteiger charge is -2.22. The molecular formula is C19H26N2O2S. The Bertz CT molecular complexity index is 582. The molecule has 1 aromatic rings. The lowest BCUT2D eigenvalue weighted by Crippen LogP contribution is -2.36. The number of carbonyl (C=O) groups excluding carboxylic acids is 2.